The smallest absolute Gasteiger partial charge is 0.327 e. The first-order valence-electron chi connectivity index (χ1n) is 7.57. The van der Waals surface area contributed by atoms with Gasteiger partial charge in [0.15, 0.2) is 0 Å². The fraction of sp³-hybridized carbons (Fsp3) is 0. The molecule has 2 aromatic carbocycles. The van der Waals surface area contributed by atoms with E-state index in [0.717, 1.165) is 11.4 Å². The second-order valence-electron chi connectivity index (χ2n) is 5.11. The van der Waals surface area contributed by atoms with E-state index in [1.165, 1.54) is 0 Å². The number of rotatable bonds is 4. The monoisotopic (exact) mass is 314 g/mol. The van der Waals surface area contributed by atoms with Crippen LogP contribution in [0.4, 0.5) is 17.4 Å². The SMILES string of the molecule is c1ccc(N(c2ccccc2)c2nnc(-c3ccccn3)o2)cc1. The average molecular weight is 314 g/mol. The van der Waals surface area contributed by atoms with Gasteiger partial charge < -0.3 is 4.42 Å². The quantitative estimate of drug-likeness (QED) is 0.551. The van der Waals surface area contributed by atoms with Gasteiger partial charge in [0.25, 0.3) is 5.89 Å². The van der Waals surface area contributed by atoms with E-state index in [-0.39, 0.29) is 0 Å². The second-order valence-corrected chi connectivity index (χ2v) is 5.11. The van der Waals surface area contributed by atoms with Gasteiger partial charge in [-0.25, -0.2) is 0 Å². The molecule has 0 unspecified atom stereocenters. The van der Waals surface area contributed by atoms with Crippen molar-refractivity contribution >= 4 is 17.4 Å². The van der Waals surface area contributed by atoms with Crippen LogP contribution in [0.25, 0.3) is 11.6 Å². The van der Waals surface area contributed by atoms with Gasteiger partial charge in [0.05, 0.1) is 11.4 Å². The zero-order valence-electron chi connectivity index (χ0n) is 12.8. The molecule has 0 fully saturated rings. The molecule has 0 amide bonds. The number of para-hydroxylation sites is 2. The Labute approximate surface area is 139 Å². The topological polar surface area (TPSA) is 55.1 Å². The van der Waals surface area contributed by atoms with Crippen LogP contribution >= 0.6 is 0 Å². The molecule has 5 heteroatoms. The third-order valence-corrected chi connectivity index (χ3v) is 3.52. The van der Waals surface area contributed by atoms with Gasteiger partial charge in [-0.2, -0.15) is 0 Å². The number of anilines is 3. The molecule has 0 aliphatic heterocycles. The van der Waals surface area contributed by atoms with Gasteiger partial charge in [-0.15, -0.1) is 5.10 Å². The molecule has 0 spiro atoms. The van der Waals surface area contributed by atoms with E-state index in [1.54, 1.807) is 6.20 Å². The molecule has 4 rings (SSSR count). The minimum Gasteiger partial charge on any atom is -0.401 e. The van der Waals surface area contributed by atoms with Crippen molar-refractivity contribution in [1.29, 1.82) is 0 Å². The van der Waals surface area contributed by atoms with Crippen LogP contribution in [0.3, 0.4) is 0 Å². The third-order valence-electron chi connectivity index (χ3n) is 3.52. The fourth-order valence-electron chi connectivity index (χ4n) is 2.42. The highest BCUT2D eigenvalue weighted by Crippen LogP contribution is 2.34. The molecule has 2 heterocycles. The summed E-state index contributed by atoms with van der Waals surface area (Å²) in [6.45, 7) is 0. The van der Waals surface area contributed by atoms with E-state index in [2.05, 4.69) is 15.2 Å². The van der Waals surface area contributed by atoms with Crippen molar-refractivity contribution in [3.63, 3.8) is 0 Å². The molecule has 24 heavy (non-hydrogen) atoms. The fourth-order valence-corrected chi connectivity index (χ4v) is 2.42. The minimum absolute atomic E-state index is 0.391. The van der Waals surface area contributed by atoms with Gasteiger partial charge in [0, 0.05) is 6.20 Å². The molecule has 4 aromatic rings. The molecule has 0 atom stereocenters. The van der Waals surface area contributed by atoms with Crippen molar-refractivity contribution in [3.8, 4) is 11.6 Å². The predicted molar refractivity (Wildman–Crippen MR) is 92.2 cm³/mol. The zero-order valence-corrected chi connectivity index (χ0v) is 12.8. The lowest BCUT2D eigenvalue weighted by atomic mass is 10.2. The number of nitrogens with zero attached hydrogens (tertiary/aromatic N) is 4. The Bertz CT molecular complexity index is 868. The van der Waals surface area contributed by atoms with Gasteiger partial charge in [-0.1, -0.05) is 47.6 Å². The van der Waals surface area contributed by atoms with E-state index < -0.39 is 0 Å². The van der Waals surface area contributed by atoms with Crippen LogP contribution < -0.4 is 4.90 Å². The van der Waals surface area contributed by atoms with E-state index >= 15 is 0 Å². The van der Waals surface area contributed by atoms with Gasteiger partial charge >= 0.3 is 6.01 Å². The lowest BCUT2D eigenvalue weighted by Crippen LogP contribution is -2.09. The molecule has 0 aliphatic rings. The van der Waals surface area contributed by atoms with Crippen LogP contribution in [-0.2, 0) is 0 Å². The van der Waals surface area contributed by atoms with Gasteiger partial charge in [-0.05, 0) is 36.4 Å². The summed E-state index contributed by atoms with van der Waals surface area (Å²) in [5.41, 5.74) is 2.54. The Morgan fingerprint density at radius 3 is 1.88 bits per heavy atom. The summed E-state index contributed by atoms with van der Waals surface area (Å²) in [4.78, 5) is 6.17. The molecule has 0 radical (unpaired) electrons. The standard InChI is InChI=1S/C19H14N4O/c1-3-9-15(10-4-1)23(16-11-5-2-6-12-16)19-22-21-18(24-19)17-13-7-8-14-20-17/h1-14H. The van der Waals surface area contributed by atoms with E-state index in [0.29, 0.717) is 17.6 Å². The van der Waals surface area contributed by atoms with Crippen molar-refractivity contribution < 1.29 is 4.42 Å². The predicted octanol–water partition coefficient (Wildman–Crippen LogP) is 4.60. The van der Waals surface area contributed by atoms with E-state index in [9.17, 15) is 0 Å². The van der Waals surface area contributed by atoms with Gasteiger partial charge in [-0.3, -0.25) is 9.88 Å². The summed E-state index contributed by atoms with van der Waals surface area (Å²) in [6, 6.07) is 25.8. The summed E-state index contributed by atoms with van der Waals surface area (Å²) < 4.78 is 5.88. The van der Waals surface area contributed by atoms with Crippen LogP contribution in [0.15, 0.2) is 89.5 Å². The molecule has 0 saturated heterocycles. The average Bonchev–Trinajstić information content (AvgIpc) is 3.14. The maximum absolute atomic E-state index is 5.88. The first-order chi connectivity index (χ1) is 11.9. The number of hydrogen-bond donors (Lipinski definition) is 0. The molecule has 0 bridgehead atoms. The lowest BCUT2D eigenvalue weighted by Gasteiger charge is -2.20. The van der Waals surface area contributed by atoms with Crippen LogP contribution in [0.2, 0.25) is 0 Å². The number of pyridine rings is 1. The van der Waals surface area contributed by atoms with Gasteiger partial charge in [0.2, 0.25) is 0 Å². The van der Waals surface area contributed by atoms with Crippen molar-refractivity contribution in [2.45, 2.75) is 0 Å². The first kappa shape index (κ1) is 14.1. The number of aromatic nitrogens is 3. The first-order valence-corrected chi connectivity index (χ1v) is 7.57. The summed E-state index contributed by atoms with van der Waals surface area (Å²) in [5.74, 6) is 0.391. The summed E-state index contributed by atoms with van der Waals surface area (Å²) in [6.07, 6.45) is 1.70. The second kappa shape index (κ2) is 6.34. The molecule has 2 aromatic heterocycles. The molecule has 0 saturated carbocycles. The van der Waals surface area contributed by atoms with E-state index in [1.807, 2.05) is 83.8 Å². The highest BCUT2D eigenvalue weighted by atomic mass is 16.4. The Kier molecular flexibility index (Phi) is 3.73. The number of benzene rings is 2. The van der Waals surface area contributed by atoms with Crippen molar-refractivity contribution in [2.75, 3.05) is 4.90 Å². The summed E-state index contributed by atoms with van der Waals surface area (Å²) >= 11 is 0. The zero-order chi connectivity index (χ0) is 16.2. The lowest BCUT2D eigenvalue weighted by molar-refractivity contribution is 0.573. The molecular formula is C19H14N4O. The van der Waals surface area contributed by atoms with Crippen LogP contribution in [0.1, 0.15) is 0 Å². The Morgan fingerprint density at radius 1 is 0.667 bits per heavy atom. The van der Waals surface area contributed by atoms with Gasteiger partial charge in [0.1, 0.15) is 5.69 Å². The maximum Gasteiger partial charge on any atom is 0.327 e. The maximum atomic E-state index is 5.88. The van der Waals surface area contributed by atoms with Crippen molar-refractivity contribution in [2.24, 2.45) is 0 Å². The summed E-state index contributed by atoms with van der Waals surface area (Å²) in [5, 5.41) is 8.35. The third kappa shape index (κ3) is 2.75. The molecule has 0 N–H and O–H groups in total. The Hall–Kier alpha value is -3.47. The van der Waals surface area contributed by atoms with Crippen LogP contribution in [0.5, 0.6) is 0 Å². The Morgan fingerprint density at radius 2 is 1.29 bits per heavy atom. The van der Waals surface area contributed by atoms with Crippen molar-refractivity contribution in [1.82, 2.24) is 15.2 Å². The molecule has 5 nitrogen and oxygen atoms in total. The van der Waals surface area contributed by atoms with Crippen LogP contribution in [0, 0.1) is 0 Å². The minimum atomic E-state index is 0.391. The van der Waals surface area contributed by atoms with Crippen LogP contribution in [-0.4, -0.2) is 15.2 Å². The normalized spacial score (nSPS) is 10.5. The highest BCUT2D eigenvalue weighted by Gasteiger charge is 2.19. The molecule has 116 valence electrons. The molecular weight excluding hydrogens is 300 g/mol. The van der Waals surface area contributed by atoms with E-state index in [4.69, 9.17) is 4.42 Å². The number of hydrogen-bond acceptors (Lipinski definition) is 5. The Balaban J connectivity index is 1.79. The largest absolute Gasteiger partial charge is 0.401 e. The highest BCUT2D eigenvalue weighted by molar-refractivity contribution is 5.71. The van der Waals surface area contributed by atoms with Crippen molar-refractivity contribution in [3.05, 3.63) is 85.1 Å². The summed E-state index contributed by atoms with van der Waals surface area (Å²) in [7, 11) is 0. The molecule has 0 aliphatic carbocycles.